The van der Waals surface area contributed by atoms with Crippen molar-refractivity contribution in [3.05, 3.63) is 17.5 Å². The first-order chi connectivity index (χ1) is 7.20. The van der Waals surface area contributed by atoms with E-state index in [1.54, 1.807) is 0 Å². The van der Waals surface area contributed by atoms with Gasteiger partial charge in [-0.2, -0.15) is 5.10 Å². The Morgan fingerprint density at radius 2 is 2.33 bits per heavy atom. The number of aryl methyl sites for hydroxylation is 1. The lowest BCUT2D eigenvalue weighted by molar-refractivity contribution is 0.397. The summed E-state index contributed by atoms with van der Waals surface area (Å²) in [6.07, 6.45) is 5.11. The Morgan fingerprint density at radius 1 is 1.60 bits per heavy atom. The fraction of sp³-hybridized carbons (Fsp3) is 0.750. The Labute approximate surface area is 91.9 Å². The highest BCUT2D eigenvalue weighted by atomic mass is 15.3. The van der Waals surface area contributed by atoms with Crippen LogP contribution in [0.15, 0.2) is 6.07 Å². The highest BCUT2D eigenvalue weighted by Gasteiger charge is 2.23. The number of rotatable bonds is 4. The molecule has 2 rings (SSSR count). The second-order valence-corrected chi connectivity index (χ2v) is 4.71. The average molecular weight is 207 g/mol. The summed E-state index contributed by atoms with van der Waals surface area (Å²) in [7, 11) is 4.07. The molecule has 1 aromatic rings. The van der Waals surface area contributed by atoms with Gasteiger partial charge in [0.15, 0.2) is 0 Å². The van der Waals surface area contributed by atoms with Gasteiger partial charge in [0.25, 0.3) is 0 Å². The van der Waals surface area contributed by atoms with Crippen molar-refractivity contribution in [2.24, 2.45) is 7.05 Å². The van der Waals surface area contributed by atoms with Gasteiger partial charge in [-0.1, -0.05) is 6.42 Å². The summed E-state index contributed by atoms with van der Waals surface area (Å²) in [5.41, 5.74) is 2.65. The number of aromatic nitrogens is 2. The molecule has 3 heteroatoms. The topological polar surface area (TPSA) is 29.9 Å². The number of likely N-dealkylation sites (N-methyl/N-ethyl adjacent to an activating group) is 1. The second-order valence-electron chi connectivity index (χ2n) is 4.71. The highest BCUT2D eigenvalue weighted by molar-refractivity contribution is 5.17. The van der Waals surface area contributed by atoms with E-state index in [1.807, 2.05) is 7.05 Å². The third-order valence-corrected chi connectivity index (χ3v) is 3.50. The average Bonchev–Trinajstić information content (AvgIpc) is 2.44. The van der Waals surface area contributed by atoms with E-state index in [4.69, 9.17) is 0 Å². The summed E-state index contributed by atoms with van der Waals surface area (Å²) in [5.74, 6) is 0.779. The van der Waals surface area contributed by atoms with E-state index in [-0.39, 0.29) is 0 Å². The lowest BCUT2D eigenvalue weighted by Crippen LogP contribution is -2.23. The molecule has 84 valence electrons. The Bertz CT molecular complexity index is 326. The van der Waals surface area contributed by atoms with Crippen molar-refractivity contribution in [1.29, 1.82) is 0 Å². The van der Waals surface area contributed by atoms with Crippen LogP contribution in [0.25, 0.3) is 0 Å². The molecule has 0 spiro atoms. The molecule has 0 amide bonds. The molecule has 1 heterocycles. The van der Waals surface area contributed by atoms with Crippen LogP contribution in [-0.4, -0.2) is 22.9 Å². The van der Waals surface area contributed by atoms with Crippen molar-refractivity contribution in [1.82, 2.24) is 15.1 Å². The zero-order valence-electron chi connectivity index (χ0n) is 9.95. The monoisotopic (exact) mass is 207 g/mol. The smallest absolute Gasteiger partial charge is 0.0642 e. The number of nitrogens with one attached hydrogen (secondary N) is 1. The molecule has 0 aromatic carbocycles. The van der Waals surface area contributed by atoms with E-state index >= 15 is 0 Å². The lowest BCUT2D eigenvalue weighted by atomic mass is 9.83. The lowest BCUT2D eigenvalue weighted by Gasteiger charge is -2.25. The van der Waals surface area contributed by atoms with Crippen LogP contribution in [0.4, 0.5) is 0 Å². The highest BCUT2D eigenvalue weighted by Crippen LogP contribution is 2.36. The molecule has 1 saturated carbocycles. The minimum Gasteiger partial charge on any atom is -0.317 e. The SMILES string of the molecule is CNC(C)Cc1cc(C2CCC2)n(C)n1. The van der Waals surface area contributed by atoms with E-state index in [0.29, 0.717) is 6.04 Å². The summed E-state index contributed by atoms with van der Waals surface area (Å²) < 4.78 is 2.07. The van der Waals surface area contributed by atoms with Crippen molar-refractivity contribution in [2.45, 2.75) is 44.6 Å². The van der Waals surface area contributed by atoms with Gasteiger partial charge in [0.2, 0.25) is 0 Å². The van der Waals surface area contributed by atoms with Gasteiger partial charge in [-0.05, 0) is 32.9 Å². The number of nitrogens with zero attached hydrogens (tertiary/aromatic N) is 2. The van der Waals surface area contributed by atoms with E-state index in [1.165, 1.54) is 30.7 Å². The first-order valence-electron chi connectivity index (χ1n) is 5.90. The van der Waals surface area contributed by atoms with E-state index in [0.717, 1.165) is 12.3 Å². The van der Waals surface area contributed by atoms with Gasteiger partial charge >= 0.3 is 0 Å². The van der Waals surface area contributed by atoms with Crippen LogP contribution in [0.3, 0.4) is 0 Å². The fourth-order valence-corrected chi connectivity index (χ4v) is 2.15. The molecule has 0 radical (unpaired) electrons. The van der Waals surface area contributed by atoms with Crippen LogP contribution in [-0.2, 0) is 13.5 Å². The maximum absolute atomic E-state index is 4.58. The largest absolute Gasteiger partial charge is 0.317 e. The Hall–Kier alpha value is -0.830. The summed E-state index contributed by atoms with van der Waals surface area (Å²) in [6, 6.07) is 2.80. The van der Waals surface area contributed by atoms with Gasteiger partial charge in [0.1, 0.15) is 0 Å². The molecule has 1 aromatic heterocycles. The molecule has 1 atom stereocenters. The molecule has 15 heavy (non-hydrogen) atoms. The molecule has 1 aliphatic rings. The maximum Gasteiger partial charge on any atom is 0.0642 e. The molecule has 1 unspecified atom stereocenters. The van der Waals surface area contributed by atoms with Crippen molar-refractivity contribution in [3.63, 3.8) is 0 Å². The van der Waals surface area contributed by atoms with Gasteiger partial charge in [-0.3, -0.25) is 4.68 Å². The number of hydrogen-bond donors (Lipinski definition) is 1. The van der Waals surface area contributed by atoms with Gasteiger partial charge in [-0.25, -0.2) is 0 Å². The van der Waals surface area contributed by atoms with Crippen molar-refractivity contribution >= 4 is 0 Å². The van der Waals surface area contributed by atoms with Crippen LogP contribution in [0.2, 0.25) is 0 Å². The predicted molar refractivity (Wildman–Crippen MR) is 62.0 cm³/mol. The molecule has 0 aliphatic heterocycles. The number of hydrogen-bond acceptors (Lipinski definition) is 2. The normalized spacial score (nSPS) is 18.9. The Balaban J connectivity index is 2.06. The molecule has 1 aliphatic carbocycles. The minimum absolute atomic E-state index is 0.508. The van der Waals surface area contributed by atoms with Crippen LogP contribution < -0.4 is 5.32 Å². The molecule has 0 saturated heterocycles. The van der Waals surface area contributed by atoms with Gasteiger partial charge in [0.05, 0.1) is 5.69 Å². The van der Waals surface area contributed by atoms with Gasteiger partial charge in [0, 0.05) is 31.1 Å². The fourth-order valence-electron chi connectivity index (χ4n) is 2.15. The molecule has 1 fully saturated rings. The quantitative estimate of drug-likeness (QED) is 0.816. The first-order valence-corrected chi connectivity index (χ1v) is 5.90. The minimum atomic E-state index is 0.508. The van der Waals surface area contributed by atoms with Crippen molar-refractivity contribution in [2.75, 3.05) is 7.05 Å². The van der Waals surface area contributed by atoms with E-state index in [2.05, 4.69) is 35.1 Å². The standard InChI is InChI=1S/C12H21N3/c1-9(13-2)7-11-8-12(15(3)14-11)10-5-4-6-10/h8-10,13H,4-7H2,1-3H3. The molecule has 1 N–H and O–H groups in total. The molecular weight excluding hydrogens is 186 g/mol. The Kier molecular flexibility index (Phi) is 3.10. The molecule has 0 bridgehead atoms. The third-order valence-electron chi connectivity index (χ3n) is 3.50. The third kappa shape index (κ3) is 2.23. The zero-order chi connectivity index (χ0) is 10.8. The second kappa shape index (κ2) is 4.35. The van der Waals surface area contributed by atoms with Gasteiger partial charge < -0.3 is 5.32 Å². The van der Waals surface area contributed by atoms with E-state index in [9.17, 15) is 0 Å². The van der Waals surface area contributed by atoms with Crippen LogP contribution in [0.5, 0.6) is 0 Å². The van der Waals surface area contributed by atoms with Crippen LogP contribution in [0, 0.1) is 0 Å². The Morgan fingerprint density at radius 3 is 2.87 bits per heavy atom. The summed E-state index contributed by atoms with van der Waals surface area (Å²) in [4.78, 5) is 0. The van der Waals surface area contributed by atoms with Crippen molar-refractivity contribution < 1.29 is 0 Å². The van der Waals surface area contributed by atoms with Gasteiger partial charge in [-0.15, -0.1) is 0 Å². The maximum atomic E-state index is 4.58. The van der Waals surface area contributed by atoms with E-state index < -0.39 is 0 Å². The first kappa shape index (κ1) is 10.7. The molecular formula is C12H21N3. The predicted octanol–water partition coefficient (Wildman–Crippen LogP) is 1.84. The van der Waals surface area contributed by atoms with Crippen molar-refractivity contribution in [3.8, 4) is 0 Å². The molecule has 3 nitrogen and oxygen atoms in total. The summed E-state index contributed by atoms with van der Waals surface area (Å²) >= 11 is 0. The van der Waals surface area contributed by atoms with Crippen LogP contribution in [0.1, 0.15) is 43.5 Å². The zero-order valence-corrected chi connectivity index (χ0v) is 9.95. The summed E-state index contributed by atoms with van der Waals surface area (Å²) in [5, 5.41) is 7.83. The van der Waals surface area contributed by atoms with Crippen LogP contribution >= 0.6 is 0 Å². The summed E-state index contributed by atoms with van der Waals surface area (Å²) in [6.45, 7) is 2.19.